The summed E-state index contributed by atoms with van der Waals surface area (Å²) in [7, 11) is 0. The third-order valence-corrected chi connectivity index (χ3v) is 7.02. The molecule has 1 aliphatic carbocycles. The minimum atomic E-state index is -1.23. The zero-order valence-electron chi connectivity index (χ0n) is 17.3. The van der Waals surface area contributed by atoms with E-state index >= 15 is 0 Å². The van der Waals surface area contributed by atoms with E-state index in [0.717, 1.165) is 69.6 Å². The molecule has 1 N–H and O–H groups in total. The maximum Gasteiger partial charge on any atom is 0.255 e. The Bertz CT molecular complexity index is 684. The van der Waals surface area contributed by atoms with Crippen LogP contribution in [0.15, 0.2) is 0 Å². The van der Waals surface area contributed by atoms with Crippen LogP contribution in [-0.2, 0) is 17.8 Å². The fourth-order valence-corrected chi connectivity index (χ4v) is 5.28. The van der Waals surface area contributed by atoms with E-state index in [-0.39, 0.29) is 5.91 Å². The molecule has 0 aromatic carbocycles. The Morgan fingerprint density at radius 2 is 1.89 bits per heavy atom. The third kappa shape index (κ3) is 4.25. The number of aromatic nitrogens is 3. The van der Waals surface area contributed by atoms with Gasteiger partial charge in [0.1, 0.15) is 11.6 Å². The Morgan fingerprint density at radius 3 is 2.71 bits per heavy atom. The van der Waals surface area contributed by atoms with Gasteiger partial charge in [0.25, 0.3) is 5.91 Å². The molecule has 3 heterocycles. The highest BCUT2D eigenvalue weighted by atomic mass is 16.3. The summed E-state index contributed by atoms with van der Waals surface area (Å²) in [5.74, 6) is 2.67. The number of amides is 1. The maximum absolute atomic E-state index is 13.1. The van der Waals surface area contributed by atoms with Crippen LogP contribution in [-0.4, -0.2) is 73.9 Å². The first-order valence-electron chi connectivity index (χ1n) is 11.2. The van der Waals surface area contributed by atoms with E-state index in [1.165, 1.54) is 32.1 Å². The average molecular weight is 390 g/mol. The maximum atomic E-state index is 13.1. The van der Waals surface area contributed by atoms with Crippen molar-refractivity contribution in [2.24, 2.45) is 5.92 Å². The van der Waals surface area contributed by atoms with E-state index < -0.39 is 5.60 Å². The minimum Gasteiger partial charge on any atom is -0.379 e. The van der Waals surface area contributed by atoms with Crippen LogP contribution >= 0.6 is 0 Å². The second-order valence-electron chi connectivity index (χ2n) is 9.06. The van der Waals surface area contributed by atoms with Gasteiger partial charge in [-0.1, -0.05) is 32.1 Å². The quantitative estimate of drug-likeness (QED) is 0.831. The summed E-state index contributed by atoms with van der Waals surface area (Å²) in [5.41, 5.74) is -1.23. The van der Waals surface area contributed by atoms with Gasteiger partial charge < -0.3 is 14.6 Å². The number of aryl methyl sites for hydroxylation is 1. The molecule has 1 saturated heterocycles. The molecule has 2 aliphatic heterocycles. The van der Waals surface area contributed by atoms with E-state index in [9.17, 15) is 9.90 Å². The van der Waals surface area contributed by atoms with E-state index in [0.29, 0.717) is 13.0 Å². The van der Waals surface area contributed by atoms with Crippen molar-refractivity contribution in [1.82, 2.24) is 24.6 Å². The number of nitrogens with zero attached hydrogens (tertiary/aromatic N) is 5. The Hall–Kier alpha value is -1.47. The van der Waals surface area contributed by atoms with E-state index in [1.807, 2.05) is 11.8 Å². The molecule has 1 saturated carbocycles. The van der Waals surface area contributed by atoms with Crippen molar-refractivity contribution in [2.75, 3.05) is 32.7 Å². The number of fused-ring (bicyclic) bond motifs is 1. The van der Waals surface area contributed by atoms with Crippen molar-refractivity contribution in [3.63, 3.8) is 0 Å². The molecule has 1 aromatic rings. The number of hydrogen-bond donors (Lipinski definition) is 1. The van der Waals surface area contributed by atoms with E-state index in [2.05, 4.69) is 19.7 Å². The highest BCUT2D eigenvalue weighted by Crippen LogP contribution is 2.29. The zero-order chi connectivity index (χ0) is 19.6. The molecule has 7 heteroatoms. The smallest absolute Gasteiger partial charge is 0.255 e. The first kappa shape index (κ1) is 19.8. The number of β-amino-alcohol motifs (C(OH)–C–C–N with tert-alkyl or cyclic N) is 1. The lowest BCUT2D eigenvalue weighted by molar-refractivity contribution is -0.159. The normalized spacial score (nSPS) is 27.6. The highest BCUT2D eigenvalue weighted by Gasteiger charge is 2.43. The van der Waals surface area contributed by atoms with Crippen molar-refractivity contribution in [3.8, 4) is 0 Å². The molecule has 0 bridgehead atoms. The van der Waals surface area contributed by atoms with Gasteiger partial charge in [-0.15, -0.1) is 10.2 Å². The number of aliphatic hydroxyl groups is 1. The summed E-state index contributed by atoms with van der Waals surface area (Å²) in [4.78, 5) is 17.3. The molecule has 156 valence electrons. The Morgan fingerprint density at radius 1 is 1.07 bits per heavy atom. The van der Waals surface area contributed by atoms with Gasteiger partial charge in [0.15, 0.2) is 5.60 Å². The molecular formula is C21H35N5O2. The molecule has 1 atom stereocenters. The lowest BCUT2D eigenvalue weighted by atomic mass is 9.86. The second kappa shape index (κ2) is 8.49. The summed E-state index contributed by atoms with van der Waals surface area (Å²) < 4.78 is 2.16. The van der Waals surface area contributed by atoms with Crippen molar-refractivity contribution in [2.45, 2.75) is 76.9 Å². The number of likely N-dealkylation sites (tertiary alicyclic amines) is 1. The SMILES string of the molecule is Cc1nnc2n1CCN(C[C@@]1(O)CCCN(CCC3CCCCC3)C1=O)CC2. The molecular weight excluding hydrogens is 354 g/mol. The Labute approximate surface area is 168 Å². The summed E-state index contributed by atoms with van der Waals surface area (Å²) in [6.07, 6.45) is 10.0. The second-order valence-corrected chi connectivity index (χ2v) is 9.06. The van der Waals surface area contributed by atoms with Crippen molar-refractivity contribution in [3.05, 3.63) is 11.6 Å². The summed E-state index contributed by atoms with van der Waals surface area (Å²) >= 11 is 0. The summed E-state index contributed by atoms with van der Waals surface area (Å²) in [5, 5.41) is 19.7. The van der Waals surface area contributed by atoms with E-state index in [1.54, 1.807) is 0 Å². The van der Waals surface area contributed by atoms with Crippen molar-refractivity contribution in [1.29, 1.82) is 0 Å². The van der Waals surface area contributed by atoms with Crippen LogP contribution in [0.1, 0.15) is 63.0 Å². The van der Waals surface area contributed by atoms with Crippen LogP contribution in [0.3, 0.4) is 0 Å². The molecule has 1 amide bonds. The molecule has 0 unspecified atom stereocenters. The van der Waals surface area contributed by atoms with Crippen LogP contribution < -0.4 is 0 Å². The molecule has 4 rings (SSSR count). The van der Waals surface area contributed by atoms with Gasteiger partial charge in [0.2, 0.25) is 0 Å². The van der Waals surface area contributed by atoms with Gasteiger partial charge >= 0.3 is 0 Å². The summed E-state index contributed by atoms with van der Waals surface area (Å²) in [6.45, 7) is 6.49. The van der Waals surface area contributed by atoms with Crippen LogP contribution in [0.25, 0.3) is 0 Å². The van der Waals surface area contributed by atoms with E-state index in [4.69, 9.17) is 0 Å². The lowest BCUT2D eigenvalue weighted by Crippen LogP contribution is -2.59. The van der Waals surface area contributed by atoms with Crippen LogP contribution in [0.2, 0.25) is 0 Å². The molecule has 7 nitrogen and oxygen atoms in total. The average Bonchev–Trinajstić information content (AvgIpc) is 2.93. The predicted molar refractivity (Wildman–Crippen MR) is 107 cm³/mol. The monoisotopic (exact) mass is 389 g/mol. The third-order valence-electron chi connectivity index (χ3n) is 7.02. The lowest BCUT2D eigenvalue weighted by Gasteiger charge is -2.41. The minimum absolute atomic E-state index is 0.0469. The molecule has 1 aromatic heterocycles. The van der Waals surface area contributed by atoms with Crippen LogP contribution in [0, 0.1) is 12.8 Å². The van der Waals surface area contributed by atoms with Crippen LogP contribution in [0.5, 0.6) is 0 Å². The topological polar surface area (TPSA) is 74.5 Å². The summed E-state index contributed by atoms with van der Waals surface area (Å²) in [6, 6.07) is 0. The van der Waals surface area contributed by atoms with Gasteiger partial charge in [0.05, 0.1) is 0 Å². The largest absolute Gasteiger partial charge is 0.379 e. The molecule has 2 fully saturated rings. The van der Waals surface area contributed by atoms with Crippen LogP contribution in [0.4, 0.5) is 0 Å². The fraction of sp³-hybridized carbons (Fsp3) is 0.857. The first-order valence-corrected chi connectivity index (χ1v) is 11.2. The van der Waals surface area contributed by atoms with Gasteiger partial charge in [-0.25, -0.2) is 0 Å². The number of hydrogen-bond acceptors (Lipinski definition) is 5. The standard InChI is InChI=1S/C21H35N5O2/c1-17-22-23-19-9-12-24(14-15-26(17)19)16-21(28)10-5-11-25(20(21)27)13-8-18-6-3-2-4-7-18/h18,28H,2-16H2,1H3/t21-/m0/s1. The number of carbonyl (C=O) groups is 1. The van der Waals surface area contributed by atoms with Gasteiger partial charge in [-0.2, -0.15) is 0 Å². The molecule has 3 aliphatic rings. The zero-order valence-corrected chi connectivity index (χ0v) is 17.3. The Kier molecular flexibility index (Phi) is 6.01. The van der Waals surface area contributed by atoms with Gasteiger partial charge in [-0.3, -0.25) is 9.69 Å². The fourth-order valence-electron chi connectivity index (χ4n) is 5.28. The number of piperidine rings is 1. The number of carbonyl (C=O) groups excluding carboxylic acids is 1. The van der Waals surface area contributed by atoms with Crippen molar-refractivity contribution >= 4 is 5.91 Å². The first-order chi connectivity index (χ1) is 13.5. The number of rotatable bonds is 5. The van der Waals surface area contributed by atoms with Gasteiger partial charge in [0, 0.05) is 45.7 Å². The molecule has 0 radical (unpaired) electrons. The predicted octanol–water partition coefficient (Wildman–Crippen LogP) is 1.77. The molecule has 0 spiro atoms. The Balaban J connectivity index is 1.33. The molecule has 28 heavy (non-hydrogen) atoms. The van der Waals surface area contributed by atoms with Crippen molar-refractivity contribution < 1.29 is 9.90 Å². The van der Waals surface area contributed by atoms with Gasteiger partial charge in [-0.05, 0) is 32.1 Å². The highest BCUT2D eigenvalue weighted by molar-refractivity contribution is 5.86.